The predicted octanol–water partition coefficient (Wildman–Crippen LogP) is 1.36. The third-order valence-electron chi connectivity index (χ3n) is 2.64. The Hall–Kier alpha value is -0.290. The van der Waals surface area contributed by atoms with Gasteiger partial charge in [0.05, 0.1) is 11.5 Å². The number of carbonyl (C=O) groups is 1. The molecule has 0 radical (unpaired) electrons. The van der Waals surface area contributed by atoms with Crippen LogP contribution < -0.4 is 0 Å². The lowest BCUT2D eigenvalue weighted by Crippen LogP contribution is -2.69. The Bertz CT molecular complexity index is 361. The smallest absolute Gasteiger partial charge is 0.273 e. The first-order valence-corrected chi connectivity index (χ1v) is 6.65. The first-order valence-electron chi connectivity index (χ1n) is 4.39. The third-order valence-corrected chi connectivity index (χ3v) is 4.14. The number of hydrogen-bond acceptors (Lipinski definition) is 3. The second-order valence-corrected chi connectivity index (χ2v) is 6.78. The average molecular weight is 240 g/mol. The minimum atomic E-state index is -3.93. The molecule has 14 heavy (non-hydrogen) atoms. The van der Waals surface area contributed by atoms with Crippen LogP contribution in [0.15, 0.2) is 0 Å². The maximum absolute atomic E-state index is 11.5. The average Bonchev–Trinajstić information content (AvgIpc) is 1.77. The van der Waals surface area contributed by atoms with Crippen molar-refractivity contribution in [2.45, 2.75) is 33.2 Å². The molecule has 0 saturated carbocycles. The van der Waals surface area contributed by atoms with Gasteiger partial charge in [0.2, 0.25) is 5.91 Å². The van der Waals surface area contributed by atoms with Crippen LogP contribution in [0.4, 0.5) is 0 Å². The molecule has 0 N–H and O–H groups in total. The molecular formula is C8H14ClNO3S. The van der Waals surface area contributed by atoms with E-state index >= 15 is 0 Å². The van der Waals surface area contributed by atoms with Gasteiger partial charge in [-0.15, -0.1) is 0 Å². The fourth-order valence-corrected chi connectivity index (χ4v) is 4.00. The molecule has 0 spiro atoms. The summed E-state index contributed by atoms with van der Waals surface area (Å²) in [6.45, 7) is 7.20. The molecule has 0 aromatic carbocycles. The summed E-state index contributed by atoms with van der Waals surface area (Å²) in [5.74, 6) is -0.553. The van der Waals surface area contributed by atoms with E-state index in [1.807, 2.05) is 13.8 Å². The molecule has 1 aliphatic heterocycles. The topological polar surface area (TPSA) is 54.5 Å². The van der Waals surface area contributed by atoms with Crippen LogP contribution in [0.2, 0.25) is 0 Å². The van der Waals surface area contributed by atoms with Gasteiger partial charge < -0.3 is 0 Å². The Morgan fingerprint density at radius 2 is 1.86 bits per heavy atom. The largest absolute Gasteiger partial charge is 0.324 e. The Balaban J connectivity index is 3.05. The van der Waals surface area contributed by atoms with E-state index < -0.39 is 20.7 Å². The van der Waals surface area contributed by atoms with Crippen LogP contribution in [0, 0.1) is 11.8 Å². The quantitative estimate of drug-likeness (QED) is 0.540. The first kappa shape index (κ1) is 11.8. The molecule has 1 atom stereocenters. The van der Waals surface area contributed by atoms with Crippen LogP contribution in [0.5, 0.6) is 0 Å². The van der Waals surface area contributed by atoms with Gasteiger partial charge in [-0.05, 0) is 19.8 Å². The molecule has 1 amide bonds. The predicted molar refractivity (Wildman–Crippen MR) is 54.0 cm³/mol. The number of rotatable bonds is 2. The fraction of sp³-hybridized carbons (Fsp3) is 0.875. The highest BCUT2D eigenvalue weighted by atomic mass is 35.7. The summed E-state index contributed by atoms with van der Waals surface area (Å²) >= 11 is 0. The van der Waals surface area contributed by atoms with Crippen LogP contribution in [0.3, 0.4) is 0 Å². The number of nitrogens with zero attached hydrogens (tertiary/aromatic N) is 1. The van der Waals surface area contributed by atoms with E-state index in [2.05, 4.69) is 0 Å². The maximum atomic E-state index is 11.5. The second-order valence-electron chi connectivity index (χ2n) is 4.42. The lowest BCUT2D eigenvalue weighted by molar-refractivity contribution is -0.157. The van der Waals surface area contributed by atoms with Crippen molar-refractivity contribution < 1.29 is 13.2 Å². The van der Waals surface area contributed by atoms with Crippen LogP contribution >= 0.6 is 10.7 Å². The second kappa shape index (κ2) is 3.10. The van der Waals surface area contributed by atoms with Gasteiger partial charge in [0.1, 0.15) is 0 Å². The summed E-state index contributed by atoms with van der Waals surface area (Å²) in [6, 6.07) is 0. The summed E-state index contributed by atoms with van der Waals surface area (Å²) in [5, 5.41) is 0. The molecule has 0 aliphatic carbocycles. The van der Waals surface area contributed by atoms with Gasteiger partial charge in [0, 0.05) is 10.7 Å². The van der Waals surface area contributed by atoms with Crippen molar-refractivity contribution in [3.05, 3.63) is 0 Å². The Morgan fingerprint density at radius 1 is 1.43 bits per heavy atom. The zero-order chi connectivity index (χ0) is 11.3. The van der Waals surface area contributed by atoms with E-state index in [-0.39, 0.29) is 11.8 Å². The number of hydrogen-bond donors (Lipinski definition) is 0. The highest BCUT2D eigenvalue weighted by Crippen LogP contribution is 2.44. The number of β-lactam (4-membered cyclic amide) rings is 1. The molecular weight excluding hydrogens is 226 g/mol. The monoisotopic (exact) mass is 239 g/mol. The normalized spacial score (nSPS) is 26.6. The Labute approximate surface area is 88.8 Å². The van der Waals surface area contributed by atoms with Crippen molar-refractivity contribution in [1.82, 2.24) is 4.31 Å². The van der Waals surface area contributed by atoms with Gasteiger partial charge in [-0.25, -0.2) is 4.31 Å². The molecule has 4 nitrogen and oxygen atoms in total. The van der Waals surface area contributed by atoms with Crippen LogP contribution in [-0.2, 0) is 14.0 Å². The fourth-order valence-electron chi connectivity index (χ4n) is 2.26. The van der Waals surface area contributed by atoms with Crippen molar-refractivity contribution in [2.75, 3.05) is 0 Å². The lowest BCUT2D eigenvalue weighted by atomic mass is 9.72. The molecule has 1 heterocycles. The van der Waals surface area contributed by atoms with Gasteiger partial charge in [-0.2, -0.15) is 8.42 Å². The molecule has 1 rings (SSSR count). The van der Waals surface area contributed by atoms with Gasteiger partial charge in [-0.3, -0.25) is 4.79 Å². The zero-order valence-electron chi connectivity index (χ0n) is 8.61. The van der Waals surface area contributed by atoms with Gasteiger partial charge in [0.25, 0.3) is 0 Å². The Kier molecular flexibility index (Phi) is 2.61. The van der Waals surface area contributed by atoms with Crippen molar-refractivity contribution in [3.8, 4) is 0 Å². The Morgan fingerprint density at radius 3 is 2.07 bits per heavy atom. The minimum Gasteiger partial charge on any atom is -0.273 e. The van der Waals surface area contributed by atoms with Gasteiger partial charge in [0.15, 0.2) is 0 Å². The number of carbonyl (C=O) groups excluding carboxylic acids is 1. The third kappa shape index (κ3) is 1.52. The van der Waals surface area contributed by atoms with Gasteiger partial charge in [-0.1, -0.05) is 13.8 Å². The van der Waals surface area contributed by atoms with Crippen molar-refractivity contribution in [3.63, 3.8) is 0 Å². The molecule has 0 bridgehead atoms. The van der Waals surface area contributed by atoms with E-state index in [9.17, 15) is 13.2 Å². The van der Waals surface area contributed by atoms with E-state index in [1.54, 1.807) is 13.8 Å². The summed E-state index contributed by atoms with van der Waals surface area (Å²) in [6.07, 6.45) is 0. The molecule has 0 unspecified atom stereocenters. The first-order chi connectivity index (χ1) is 6.10. The molecule has 82 valence electrons. The van der Waals surface area contributed by atoms with E-state index in [0.29, 0.717) is 0 Å². The van der Waals surface area contributed by atoms with Crippen molar-refractivity contribution in [1.29, 1.82) is 0 Å². The van der Waals surface area contributed by atoms with Gasteiger partial charge >= 0.3 is 9.24 Å². The summed E-state index contributed by atoms with van der Waals surface area (Å²) in [7, 11) is 1.23. The molecule has 0 aromatic rings. The number of halogens is 1. The number of amides is 1. The maximum Gasteiger partial charge on any atom is 0.324 e. The van der Waals surface area contributed by atoms with Crippen molar-refractivity contribution >= 4 is 25.8 Å². The molecule has 1 fully saturated rings. The molecule has 1 aliphatic rings. The van der Waals surface area contributed by atoms with Crippen LogP contribution in [0.25, 0.3) is 0 Å². The van der Waals surface area contributed by atoms with Crippen LogP contribution in [0.1, 0.15) is 27.7 Å². The van der Waals surface area contributed by atoms with Crippen LogP contribution in [-0.4, -0.2) is 24.2 Å². The summed E-state index contributed by atoms with van der Waals surface area (Å²) in [5.41, 5.74) is -0.703. The molecule has 6 heteroatoms. The highest BCUT2D eigenvalue weighted by Gasteiger charge is 2.59. The highest BCUT2D eigenvalue weighted by molar-refractivity contribution is 8.12. The van der Waals surface area contributed by atoms with E-state index in [0.717, 1.165) is 4.31 Å². The molecule has 1 saturated heterocycles. The van der Waals surface area contributed by atoms with E-state index in [4.69, 9.17) is 10.7 Å². The standard InChI is InChI=1S/C8H14ClNO3S/c1-5(2)6-7(11)10(8(6,3)4)14(9,12)13/h5-6H,1-4H3/t6-/m1/s1. The SMILES string of the molecule is CC(C)[C@@H]1C(=O)N(S(=O)(=O)Cl)C1(C)C. The van der Waals surface area contributed by atoms with Crippen molar-refractivity contribution in [2.24, 2.45) is 11.8 Å². The summed E-state index contributed by atoms with van der Waals surface area (Å²) < 4.78 is 22.9. The summed E-state index contributed by atoms with van der Waals surface area (Å²) in [4.78, 5) is 11.5. The van der Waals surface area contributed by atoms with E-state index in [1.165, 1.54) is 0 Å². The molecule has 0 aromatic heterocycles. The minimum absolute atomic E-state index is 0.118. The zero-order valence-corrected chi connectivity index (χ0v) is 10.2. The lowest BCUT2D eigenvalue weighted by Gasteiger charge is -2.53.